The molecule has 0 fully saturated rings. The molecule has 7 nitrogen and oxygen atoms in total. The Morgan fingerprint density at radius 3 is 2.00 bits per heavy atom. The van der Waals surface area contributed by atoms with Gasteiger partial charge in [-0.15, -0.1) is 0 Å². The van der Waals surface area contributed by atoms with E-state index >= 15 is 0 Å². The van der Waals surface area contributed by atoms with E-state index in [2.05, 4.69) is 5.32 Å². The lowest BCUT2D eigenvalue weighted by Crippen LogP contribution is -2.53. The Morgan fingerprint density at radius 1 is 0.786 bits per heavy atom. The number of benzene rings is 4. The summed E-state index contributed by atoms with van der Waals surface area (Å²) < 4.78 is 29.1. The van der Waals surface area contributed by atoms with E-state index in [-0.39, 0.29) is 23.8 Å². The molecule has 1 atom stereocenters. The summed E-state index contributed by atoms with van der Waals surface area (Å²) in [4.78, 5) is 29.5. The van der Waals surface area contributed by atoms with E-state index in [0.29, 0.717) is 12.2 Å². The van der Waals surface area contributed by atoms with Gasteiger partial charge in [0, 0.05) is 19.5 Å². The second-order valence-corrected chi connectivity index (χ2v) is 12.1. The average molecular weight is 584 g/mol. The smallest absolute Gasteiger partial charge is 0.264 e. The molecule has 4 rings (SSSR count). The van der Waals surface area contributed by atoms with Crippen LogP contribution in [0.15, 0.2) is 114 Å². The van der Waals surface area contributed by atoms with Crippen molar-refractivity contribution >= 4 is 27.5 Å². The van der Waals surface area contributed by atoms with Gasteiger partial charge in [-0.1, -0.05) is 90.5 Å². The van der Waals surface area contributed by atoms with Crippen LogP contribution < -0.4 is 9.62 Å². The van der Waals surface area contributed by atoms with E-state index in [1.54, 1.807) is 30.3 Å². The molecule has 4 aromatic rings. The Balaban J connectivity index is 1.79. The molecule has 2 amide bonds. The highest BCUT2D eigenvalue weighted by Crippen LogP contribution is 2.25. The summed E-state index contributed by atoms with van der Waals surface area (Å²) in [5.41, 5.74) is 4.07. The van der Waals surface area contributed by atoms with E-state index in [1.165, 1.54) is 17.0 Å². The number of carbonyl (C=O) groups excluding carboxylic acids is 2. The van der Waals surface area contributed by atoms with Gasteiger partial charge in [-0.05, 0) is 61.7 Å². The highest BCUT2D eigenvalue weighted by atomic mass is 32.2. The zero-order chi connectivity index (χ0) is 30.1. The van der Waals surface area contributed by atoms with Gasteiger partial charge < -0.3 is 10.2 Å². The Labute approximate surface area is 248 Å². The van der Waals surface area contributed by atoms with Crippen molar-refractivity contribution in [2.45, 2.75) is 44.7 Å². The summed E-state index contributed by atoms with van der Waals surface area (Å²) in [5.74, 6) is -0.776. The Kier molecular flexibility index (Phi) is 10.1. The van der Waals surface area contributed by atoms with Gasteiger partial charge in [-0.3, -0.25) is 13.9 Å². The van der Waals surface area contributed by atoms with E-state index in [4.69, 9.17) is 0 Å². The largest absolute Gasteiger partial charge is 0.355 e. The molecule has 4 aromatic carbocycles. The quantitative estimate of drug-likeness (QED) is 0.246. The van der Waals surface area contributed by atoms with Crippen LogP contribution >= 0.6 is 0 Å². The Bertz CT molecular complexity index is 1590. The number of rotatable bonds is 12. The summed E-state index contributed by atoms with van der Waals surface area (Å²) in [5, 5.41) is 2.88. The number of aryl methyl sites for hydroxylation is 2. The predicted molar refractivity (Wildman–Crippen MR) is 166 cm³/mol. The number of anilines is 1. The molecule has 0 aliphatic rings. The van der Waals surface area contributed by atoms with Gasteiger partial charge in [-0.25, -0.2) is 8.42 Å². The molecule has 0 bridgehead atoms. The van der Waals surface area contributed by atoms with Crippen LogP contribution in [0.4, 0.5) is 5.69 Å². The normalized spacial score (nSPS) is 11.9. The number of carbonyl (C=O) groups is 2. The summed E-state index contributed by atoms with van der Waals surface area (Å²) in [7, 11) is -4.11. The first kappa shape index (κ1) is 30.5. The van der Waals surface area contributed by atoms with Crippen LogP contribution in [-0.2, 0) is 32.6 Å². The first-order chi connectivity index (χ1) is 20.2. The zero-order valence-corrected chi connectivity index (χ0v) is 25.1. The molecule has 0 radical (unpaired) electrons. The molecule has 0 aliphatic heterocycles. The van der Waals surface area contributed by atoms with Crippen molar-refractivity contribution in [2.24, 2.45) is 0 Å². The van der Waals surface area contributed by atoms with Crippen LogP contribution in [0, 0.1) is 13.8 Å². The second kappa shape index (κ2) is 14.0. The number of hydrogen-bond donors (Lipinski definition) is 1. The van der Waals surface area contributed by atoms with Crippen LogP contribution in [0.1, 0.15) is 29.2 Å². The maximum atomic E-state index is 14.4. The maximum Gasteiger partial charge on any atom is 0.264 e. The molecule has 0 saturated heterocycles. The van der Waals surface area contributed by atoms with Crippen molar-refractivity contribution in [1.82, 2.24) is 10.2 Å². The molecule has 218 valence electrons. The fourth-order valence-electron chi connectivity index (χ4n) is 4.78. The number of hydrogen-bond acceptors (Lipinski definition) is 4. The lowest BCUT2D eigenvalue weighted by molar-refractivity contribution is -0.140. The van der Waals surface area contributed by atoms with Crippen molar-refractivity contribution in [3.8, 4) is 0 Å². The molecular formula is C34H37N3O4S. The van der Waals surface area contributed by atoms with Crippen molar-refractivity contribution < 1.29 is 18.0 Å². The van der Waals surface area contributed by atoms with Crippen LogP contribution in [0.25, 0.3) is 0 Å². The third kappa shape index (κ3) is 7.44. The third-order valence-electron chi connectivity index (χ3n) is 7.16. The first-order valence-corrected chi connectivity index (χ1v) is 15.4. The van der Waals surface area contributed by atoms with Crippen LogP contribution in [0.2, 0.25) is 0 Å². The standard InChI is InChI=1S/C34H37N3O4S/c1-4-35-34(39)32(23-28-14-7-5-8-15-28)36(24-29-16-12-11-13-27(29)3)33(38)25-37(30-21-19-26(2)20-22-30)42(40,41)31-17-9-6-10-18-31/h5-22,32H,4,23-25H2,1-3H3,(H,35,39)/t32-/m1/s1. The van der Waals surface area contributed by atoms with Gasteiger partial charge in [0.1, 0.15) is 12.6 Å². The zero-order valence-electron chi connectivity index (χ0n) is 24.2. The number of nitrogens with zero attached hydrogens (tertiary/aromatic N) is 2. The lowest BCUT2D eigenvalue weighted by Gasteiger charge is -2.34. The highest BCUT2D eigenvalue weighted by molar-refractivity contribution is 7.92. The molecule has 0 spiro atoms. The number of sulfonamides is 1. The SMILES string of the molecule is CCNC(=O)[C@@H](Cc1ccccc1)N(Cc1ccccc1C)C(=O)CN(c1ccc(C)cc1)S(=O)(=O)c1ccccc1. The van der Waals surface area contributed by atoms with Crippen LogP contribution in [0.3, 0.4) is 0 Å². The third-order valence-corrected chi connectivity index (χ3v) is 8.94. The molecule has 0 aliphatic carbocycles. The second-order valence-electron chi connectivity index (χ2n) is 10.2. The molecule has 0 heterocycles. The fraction of sp³-hybridized carbons (Fsp3) is 0.235. The Morgan fingerprint density at radius 2 is 1.38 bits per heavy atom. The summed E-state index contributed by atoms with van der Waals surface area (Å²) in [6.45, 7) is 5.76. The fourth-order valence-corrected chi connectivity index (χ4v) is 6.21. The van der Waals surface area contributed by atoms with Crippen molar-refractivity contribution in [3.05, 3.63) is 131 Å². The summed E-state index contributed by atoms with van der Waals surface area (Å²) in [6.07, 6.45) is 0.278. The van der Waals surface area contributed by atoms with Crippen molar-refractivity contribution in [1.29, 1.82) is 0 Å². The van der Waals surface area contributed by atoms with Crippen molar-refractivity contribution in [3.63, 3.8) is 0 Å². The topological polar surface area (TPSA) is 86.8 Å². The number of amides is 2. The predicted octanol–water partition coefficient (Wildman–Crippen LogP) is 5.27. The minimum absolute atomic E-state index is 0.0772. The monoisotopic (exact) mass is 583 g/mol. The van der Waals surface area contributed by atoms with Gasteiger partial charge in [-0.2, -0.15) is 0 Å². The van der Waals surface area contributed by atoms with E-state index in [1.807, 2.05) is 87.5 Å². The van der Waals surface area contributed by atoms with E-state index < -0.39 is 28.5 Å². The van der Waals surface area contributed by atoms with Gasteiger partial charge in [0.2, 0.25) is 11.8 Å². The van der Waals surface area contributed by atoms with Gasteiger partial charge >= 0.3 is 0 Å². The summed E-state index contributed by atoms with van der Waals surface area (Å²) >= 11 is 0. The number of nitrogens with one attached hydrogen (secondary N) is 1. The molecule has 1 N–H and O–H groups in total. The summed E-state index contributed by atoms with van der Waals surface area (Å²) in [6, 6.07) is 31.4. The van der Waals surface area contributed by atoms with E-state index in [9.17, 15) is 18.0 Å². The molecule has 0 aromatic heterocycles. The minimum atomic E-state index is -4.11. The van der Waals surface area contributed by atoms with Crippen molar-refractivity contribution in [2.75, 3.05) is 17.4 Å². The Hall–Kier alpha value is -4.43. The van der Waals surface area contributed by atoms with Gasteiger partial charge in [0.05, 0.1) is 10.6 Å². The highest BCUT2D eigenvalue weighted by Gasteiger charge is 2.34. The maximum absolute atomic E-state index is 14.4. The minimum Gasteiger partial charge on any atom is -0.355 e. The average Bonchev–Trinajstić information content (AvgIpc) is 3.00. The molecule has 8 heteroatoms. The molecule has 0 saturated carbocycles. The number of likely N-dealkylation sites (N-methyl/N-ethyl adjacent to an activating group) is 1. The van der Waals surface area contributed by atoms with Crippen LogP contribution in [-0.4, -0.2) is 44.3 Å². The first-order valence-electron chi connectivity index (χ1n) is 14.0. The van der Waals surface area contributed by atoms with Crippen LogP contribution in [0.5, 0.6) is 0 Å². The molecule has 0 unspecified atom stereocenters. The van der Waals surface area contributed by atoms with Gasteiger partial charge in [0.15, 0.2) is 0 Å². The molecule has 42 heavy (non-hydrogen) atoms. The lowest BCUT2D eigenvalue weighted by atomic mass is 10.0. The van der Waals surface area contributed by atoms with Gasteiger partial charge in [0.25, 0.3) is 10.0 Å². The molecular weight excluding hydrogens is 546 g/mol. The van der Waals surface area contributed by atoms with E-state index in [0.717, 1.165) is 26.6 Å².